The highest BCUT2D eigenvalue weighted by atomic mass is 32.2. The van der Waals surface area contributed by atoms with Crippen LogP contribution >= 0.6 is 11.8 Å². The van der Waals surface area contributed by atoms with Crippen molar-refractivity contribution >= 4 is 17.5 Å². The van der Waals surface area contributed by atoms with Gasteiger partial charge in [0.25, 0.3) is 0 Å². The molecule has 0 aliphatic heterocycles. The molecule has 14 heavy (non-hydrogen) atoms. The predicted molar refractivity (Wildman–Crippen MR) is 62.7 cm³/mol. The largest absolute Gasteiger partial charge is 0.392 e. The summed E-state index contributed by atoms with van der Waals surface area (Å²) >= 11 is 1.74. The molecule has 2 nitrogen and oxygen atoms in total. The molecule has 0 fully saturated rings. The number of ketones is 1. The maximum atomic E-state index is 11.1. The Morgan fingerprint density at radius 1 is 1.36 bits per heavy atom. The molecular formula is C11H22O2S. The topological polar surface area (TPSA) is 37.3 Å². The normalized spacial score (nSPS) is 15.1. The number of hydrogen-bond acceptors (Lipinski definition) is 3. The van der Waals surface area contributed by atoms with Crippen molar-refractivity contribution in [3.63, 3.8) is 0 Å². The van der Waals surface area contributed by atoms with Crippen molar-refractivity contribution < 1.29 is 9.90 Å². The van der Waals surface area contributed by atoms with Crippen LogP contribution in [0, 0.1) is 5.92 Å². The lowest BCUT2D eigenvalue weighted by molar-refractivity contribution is -0.120. The van der Waals surface area contributed by atoms with Crippen LogP contribution in [-0.2, 0) is 4.79 Å². The highest BCUT2D eigenvalue weighted by Crippen LogP contribution is 2.15. The number of aliphatic hydroxyl groups is 1. The molecule has 0 saturated carbocycles. The van der Waals surface area contributed by atoms with E-state index in [-0.39, 0.29) is 12.0 Å². The summed E-state index contributed by atoms with van der Waals surface area (Å²) in [7, 11) is 0. The van der Waals surface area contributed by atoms with Gasteiger partial charge in [-0.3, -0.25) is 4.79 Å². The lowest BCUT2D eigenvalue weighted by atomic mass is 10.00. The zero-order chi connectivity index (χ0) is 11.0. The molecule has 0 radical (unpaired) electrons. The first-order valence-corrected chi connectivity index (χ1v) is 6.53. The Morgan fingerprint density at radius 3 is 2.43 bits per heavy atom. The summed E-state index contributed by atoms with van der Waals surface area (Å²) in [4.78, 5) is 11.1. The van der Waals surface area contributed by atoms with E-state index < -0.39 is 0 Å². The minimum atomic E-state index is -0.183. The number of rotatable bonds is 8. The van der Waals surface area contributed by atoms with Gasteiger partial charge in [-0.2, -0.15) is 11.8 Å². The van der Waals surface area contributed by atoms with Gasteiger partial charge in [-0.15, -0.1) is 0 Å². The fourth-order valence-electron chi connectivity index (χ4n) is 1.26. The molecule has 0 saturated heterocycles. The van der Waals surface area contributed by atoms with Gasteiger partial charge in [0.2, 0.25) is 0 Å². The van der Waals surface area contributed by atoms with Gasteiger partial charge in [0.1, 0.15) is 5.78 Å². The lowest BCUT2D eigenvalue weighted by Crippen LogP contribution is -2.12. The van der Waals surface area contributed by atoms with E-state index in [1.165, 1.54) is 0 Å². The highest BCUT2D eigenvalue weighted by molar-refractivity contribution is 7.99. The third kappa shape index (κ3) is 6.44. The maximum absolute atomic E-state index is 11.1. The maximum Gasteiger partial charge on any atom is 0.132 e. The van der Waals surface area contributed by atoms with Gasteiger partial charge in [0.05, 0.1) is 6.10 Å². The van der Waals surface area contributed by atoms with Crippen molar-refractivity contribution in [2.45, 2.75) is 46.1 Å². The van der Waals surface area contributed by atoms with Crippen molar-refractivity contribution in [3.8, 4) is 0 Å². The van der Waals surface area contributed by atoms with Crippen molar-refractivity contribution in [2.24, 2.45) is 5.92 Å². The van der Waals surface area contributed by atoms with Crippen molar-refractivity contribution in [1.29, 1.82) is 0 Å². The Kier molecular flexibility index (Phi) is 8.29. The lowest BCUT2D eigenvalue weighted by Gasteiger charge is -2.11. The molecule has 0 aromatic rings. The van der Waals surface area contributed by atoms with Gasteiger partial charge in [-0.1, -0.05) is 13.8 Å². The quantitative estimate of drug-likeness (QED) is 0.636. The molecule has 0 aromatic heterocycles. The first kappa shape index (κ1) is 14.0. The fourth-order valence-corrected chi connectivity index (χ4v) is 2.38. The molecule has 0 spiro atoms. The first-order chi connectivity index (χ1) is 6.61. The van der Waals surface area contributed by atoms with Gasteiger partial charge >= 0.3 is 0 Å². The molecule has 0 aliphatic carbocycles. The van der Waals surface area contributed by atoms with Gasteiger partial charge in [-0.05, 0) is 31.9 Å². The standard InChI is InChI=1S/C11H22O2S/c1-4-10(9(3)12)6-7-14-8-11(13)5-2/h10-11,13H,4-8H2,1-3H3/t10-,11?/m0/s1. The van der Waals surface area contributed by atoms with Crippen LogP contribution < -0.4 is 0 Å². The Bertz CT molecular complexity index is 159. The molecule has 0 aromatic carbocycles. The van der Waals surface area contributed by atoms with E-state index in [1.807, 2.05) is 6.92 Å². The average Bonchev–Trinajstić information content (AvgIpc) is 2.16. The van der Waals surface area contributed by atoms with E-state index in [0.29, 0.717) is 5.78 Å². The summed E-state index contributed by atoms with van der Waals surface area (Å²) in [6.07, 6.45) is 2.52. The summed E-state index contributed by atoms with van der Waals surface area (Å²) in [6.45, 7) is 5.70. The van der Waals surface area contributed by atoms with Crippen molar-refractivity contribution in [2.75, 3.05) is 11.5 Å². The van der Waals surface area contributed by atoms with E-state index >= 15 is 0 Å². The molecule has 3 heteroatoms. The molecule has 0 rings (SSSR count). The Hall–Kier alpha value is -0.0200. The predicted octanol–water partition coefficient (Wildman–Crippen LogP) is 2.50. The van der Waals surface area contributed by atoms with Crippen LogP contribution in [0.15, 0.2) is 0 Å². The number of carbonyl (C=O) groups is 1. The third-order valence-corrected chi connectivity index (χ3v) is 3.60. The molecule has 0 bridgehead atoms. The SMILES string of the molecule is CCC(O)CSCC[C@H](CC)C(C)=O. The van der Waals surface area contributed by atoms with Gasteiger partial charge in [0.15, 0.2) is 0 Å². The molecule has 1 N–H and O–H groups in total. The minimum absolute atomic E-state index is 0.183. The average molecular weight is 218 g/mol. The van der Waals surface area contributed by atoms with Crippen LogP contribution in [-0.4, -0.2) is 28.5 Å². The van der Waals surface area contributed by atoms with E-state index in [0.717, 1.165) is 30.8 Å². The zero-order valence-corrected chi connectivity index (χ0v) is 10.3. The summed E-state index contributed by atoms with van der Waals surface area (Å²) in [6, 6.07) is 0. The van der Waals surface area contributed by atoms with Gasteiger partial charge in [-0.25, -0.2) is 0 Å². The molecule has 1 unspecified atom stereocenters. The number of hydrogen-bond donors (Lipinski definition) is 1. The summed E-state index contributed by atoms with van der Waals surface area (Å²) in [5.41, 5.74) is 0. The Labute approximate surface area is 91.5 Å². The van der Waals surface area contributed by atoms with Crippen LogP contribution in [0.25, 0.3) is 0 Å². The third-order valence-electron chi connectivity index (χ3n) is 2.46. The van der Waals surface area contributed by atoms with E-state index in [1.54, 1.807) is 18.7 Å². The highest BCUT2D eigenvalue weighted by Gasteiger charge is 2.11. The summed E-state index contributed by atoms with van der Waals surface area (Å²) in [5.74, 6) is 2.30. The second-order valence-corrected chi connectivity index (χ2v) is 4.79. The zero-order valence-electron chi connectivity index (χ0n) is 9.45. The molecule has 0 aliphatic rings. The van der Waals surface area contributed by atoms with Crippen LogP contribution in [0.5, 0.6) is 0 Å². The van der Waals surface area contributed by atoms with Crippen LogP contribution in [0.4, 0.5) is 0 Å². The molecule has 84 valence electrons. The molecule has 0 amide bonds. The summed E-state index contributed by atoms with van der Waals surface area (Å²) in [5, 5.41) is 9.30. The fraction of sp³-hybridized carbons (Fsp3) is 0.909. The smallest absolute Gasteiger partial charge is 0.132 e. The molecule has 2 atom stereocenters. The van der Waals surface area contributed by atoms with E-state index in [2.05, 4.69) is 6.92 Å². The molecule has 0 heterocycles. The van der Waals surface area contributed by atoms with E-state index in [9.17, 15) is 9.90 Å². The Balaban J connectivity index is 3.47. The van der Waals surface area contributed by atoms with Gasteiger partial charge in [0, 0.05) is 11.7 Å². The first-order valence-electron chi connectivity index (χ1n) is 5.38. The van der Waals surface area contributed by atoms with E-state index in [4.69, 9.17) is 0 Å². The number of aliphatic hydroxyl groups excluding tert-OH is 1. The van der Waals surface area contributed by atoms with Crippen molar-refractivity contribution in [1.82, 2.24) is 0 Å². The van der Waals surface area contributed by atoms with Crippen LogP contribution in [0.1, 0.15) is 40.0 Å². The van der Waals surface area contributed by atoms with Crippen LogP contribution in [0.2, 0.25) is 0 Å². The van der Waals surface area contributed by atoms with Crippen LogP contribution in [0.3, 0.4) is 0 Å². The minimum Gasteiger partial charge on any atom is -0.392 e. The number of carbonyl (C=O) groups excluding carboxylic acids is 1. The number of Topliss-reactive ketones (excluding diaryl/α,β-unsaturated/α-hetero) is 1. The summed E-state index contributed by atoms with van der Waals surface area (Å²) < 4.78 is 0. The molecular weight excluding hydrogens is 196 g/mol. The van der Waals surface area contributed by atoms with Gasteiger partial charge < -0.3 is 5.11 Å². The second kappa shape index (κ2) is 8.30. The second-order valence-electron chi connectivity index (χ2n) is 3.64. The number of thioether (sulfide) groups is 1. The monoisotopic (exact) mass is 218 g/mol. The Morgan fingerprint density at radius 2 is 2.00 bits per heavy atom. The van der Waals surface area contributed by atoms with Crippen molar-refractivity contribution in [3.05, 3.63) is 0 Å².